The van der Waals surface area contributed by atoms with E-state index in [1.54, 1.807) is 4.40 Å². The lowest BCUT2D eigenvalue weighted by Crippen LogP contribution is -2.37. The SMILES string of the molecule is Cn1c(=O)c2c(nc(Cl)n2Cc2cc(=O)n3c(-c4ccccc4)csc3n2)n(C)c1=O. The average molecular weight is 455 g/mol. The van der Waals surface area contributed by atoms with Gasteiger partial charge in [0.25, 0.3) is 11.1 Å². The Morgan fingerprint density at radius 2 is 1.77 bits per heavy atom. The van der Waals surface area contributed by atoms with Crippen molar-refractivity contribution in [3.63, 3.8) is 0 Å². The number of hydrogen-bond donors (Lipinski definition) is 0. The zero-order valence-corrected chi connectivity index (χ0v) is 18.0. The molecule has 0 radical (unpaired) electrons. The van der Waals surface area contributed by atoms with Gasteiger partial charge in [-0.2, -0.15) is 4.98 Å². The average Bonchev–Trinajstić information content (AvgIpc) is 3.33. The highest BCUT2D eigenvalue weighted by Crippen LogP contribution is 2.24. The number of thiazole rings is 1. The predicted molar refractivity (Wildman–Crippen MR) is 119 cm³/mol. The minimum Gasteiger partial charge on any atom is -0.303 e. The first kappa shape index (κ1) is 19.5. The van der Waals surface area contributed by atoms with Crippen LogP contribution in [0.15, 0.2) is 56.2 Å². The summed E-state index contributed by atoms with van der Waals surface area (Å²) < 4.78 is 5.27. The van der Waals surface area contributed by atoms with E-state index in [1.165, 1.54) is 40.6 Å². The molecule has 5 rings (SSSR count). The van der Waals surface area contributed by atoms with Gasteiger partial charge in [0.2, 0.25) is 5.28 Å². The van der Waals surface area contributed by atoms with E-state index in [-0.39, 0.29) is 28.6 Å². The molecule has 31 heavy (non-hydrogen) atoms. The molecule has 0 aliphatic heterocycles. The molecule has 9 nitrogen and oxygen atoms in total. The van der Waals surface area contributed by atoms with Crippen LogP contribution in [0.3, 0.4) is 0 Å². The molecule has 0 fully saturated rings. The molecule has 0 bridgehead atoms. The minimum absolute atomic E-state index is 0.0338. The van der Waals surface area contributed by atoms with Crippen LogP contribution in [0.1, 0.15) is 5.69 Å². The Hall–Kier alpha value is -3.50. The van der Waals surface area contributed by atoms with Crippen molar-refractivity contribution in [1.82, 2.24) is 28.1 Å². The Morgan fingerprint density at radius 1 is 1.03 bits per heavy atom. The summed E-state index contributed by atoms with van der Waals surface area (Å²) in [6.45, 7) is 0.0626. The van der Waals surface area contributed by atoms with Crippen LogP contribution in [0.4, 0.5) is 0 Å². The maximum Gasteiger partial charge on any atom is 0.332 e. The fraction of sp³-hybridized carbons (Fsp3) is 0.150. The van der Waals surface area contributed by atoms with Gasteiger partial charge >= 0.3 is 5.69 Å². The standard InChI is InChI=1S/C20H15ClN6O3S/c1-24-16-15(17(29)25(2)20(24)30)26(18(21)23-16)9-12-8-14(28)27-13(10-31-19(27)22-12)11-6-4-3-5-7-11/h3-8,10H,9H2,1-2H3. The summed E-state index contributed by atoms with van der Waals surface area (Å²) in [7, 11) is 2.91. The van der Waals surface area contributed by atoms with Crippen LogP contribution in [0, 0.1) is 0 Å². The van der Waals surface area contributed by atoms with Gasteiger partial charge in [0.15, 0.2) is 16.1 Å². The van der Waals surface area contributed by atoms with E-state index < -0.39 is 11.2 Å². The second-order valence-corrected chi connectivity index (χ2v) is 8.21. The van der Waals surface area contributed by atoms with Gasteiger partial charge in [-0.05, 0) is 17.2 Å². The third kappa shape index (κ3) is 2.94. The highest BCUT2D eigenvalue weighted by atomic mass is 35.5. The van der Waals surface area contributed by atoms with Crippen molar-refractivity contribution in [2.24, 2.45) is 14.1 Å². The van der Waals surface area contributed by atoms with Gasteiger partial charge in [-0.3, -0.25) is 23.1 Å². The van der Waals surface area contributed by atoms with Crippen molar-refractivity contribution in [2.45, 2.75) is 6.54 Å². The summed E-state index contributed by atoms with van der Waals surface area (Å²) in [4.78, 5) is 47.1. The molecule has 0 aliphatic rings. The predicted octanol–water partition coefficient (Wildman–Crippen LogP) is 1.87. The summed E-state index contributed by atoms with van der Waals surface area (Å²) in [5.41, 5.74) is 1.22. The molecule has 0 aliphatic carbocycles. The fourth-order valence-corrected chi connectivity index (χ4v) is 4.73. The van der Waals surface area contributed by atoms with Crippen LogP contribution in [-0.4, -0.2) is 28.1 Å². The smallest absolute Gasteiger partial charge is 0.303 e. The first-order valence-corrected chi connectivity index (χ1v) is 10.5. The maximum atomic E-state index is 12.9. The van der Waals surface area contributed by atoms with Crippen molar-refractivity contribution >= 4 is 39.1 Å². The molecule has 4 aromatic heterocycles. The Bertz CT molecular complexity index is 1660. The molecule has 0 atom stereocenters. The van der Waals surface area contributed by atoms with E-state index in [4.69, 9.17) is 11.6 Å². The lowest BCUT2D eigenvalue weighted by atomic mass is 10.2. The van der Waals surface area contributed by atoms with E-state index in [0.717, 1.165) is 15.8 Å². The monoisotopic (exact) mass is 454 g/mol. The molecule has 0 amide bonds. The van der Waals surface area contributed by atoms with Crippen LogP contribution < -0.4 is 16.8 Å². The molecule has 0 saturated carbocycles. The quantitative estimate of drug-likeness (QED) is 0.388. The fourth-order valence-electron chi connectivity index (χ4n) is 3.58. The summed E-state index contributed by atoms with van der Waals surface area (Å²) in [5.74, 6) is 0. The molecular weight excluding hydrogens is 440 g/mol. The molecular formula is C20H15ClN6O3S. The number of aromatic nitrogens is 6. The molecule has 156 valence electrons. The number of aryl methyl sites for hydroxylation is 1. The summed E-state index contributed by atoms with van der Waals surface area (Å²) in [5, 5.41) is 1.92. The van der Waals surface area contributed by atoms with Crippen molar-refractivity contribution in [1.29, 1.82) is 0 Å². The van der Waals surface area contributed by atoms with Crippen LogP contribution in [-0.2, 0) is 20.6 Å². The molecule has 0 N–H and O–H groups in total. The minimum atomic E-state index is -0.516. The van der Waals surface area contributed by atoms with Crippen molar-refractivity contribution in [3.8, 4) is 11.3 Å². The van der Waals surface area contributed by atoms with Crippen molar-refractivity contribution in [2.75, 3.05) is 0 Å². The van der Waals surface area contributed by atoms with Gasteiger partial charge in [-0.15, -0.1) is 11.3 Å². The first-order chi connectivity index (χ1) is 14.9. The lowest BCUT2D eigenvalue weighted by Gasteiger charge is -2.08. The van der Waals surface area contributed by atoms with Gasteiger partial charge in [-0.1, -0.05) is 30.3 Å². The zero-order valence-electron chi connectivity index (χ0n) is 16.4. The van der Waals surface area contributed by atoms with Crippen LogP contribution in [0.25, 0.3) is 27.4 Å². The van der Waals surface area contributed by atoms with Gasteiger partial charge in [-0.25, -0.2) is 9.78 Å². The second-order valence-electron chi connectivity index (χ2n) is 7.04. The molecule has 11 heteroatoms. The van der Waals surface area contributed by atoms with Crippen LogP contribution in [0.5, 0.6) is 0 Å². The number of benzene rings is 1. The summed E-state index contributed by atoms with van der Waals surface area (Å²) >= 11 is 7.64. The third-order valence-electron chi connectivity index (χ3n) is 5.15. The number of hydrogen-bond acceptors (Lipinski definition) is 6. The second kappa shape index (κ2) is 7.03. The van der Waals surface area contributed by atoms with Gasteiger partial charge in [0.05, 0.1) is 17.9 Å². The molecule has 0 spiro atoms. The normalized spacial score (nSPS) is 11.6. The lowest BCUT2D eigenvalue weighted by molar-refractivity contribution is 0.701. The van der Waals surface area contributed by atoms with Gasteiger partial charge in [0.1, 0.15) is 0 Å². The topological polar surface area (TPSA) is 96.2 Å². The highest BCUT2D eigenvalue weighted by Gasteiger charge is 2.19. The van der Waals surface area contributed by atoms with Crippen molar-refractivity contribution < 1.29 is 0 Å². The third-order valence-corrected chi connectivity index (χ3v) is 6.26. The highest BCUT2D eigenvalue weighted by molar-refractivity contribution is 7.15. The number of rotatable bonds is 3. The number of fused-ring (bicyclic) bond motifs is 2. The zero-order chi connectivity index (χ0) is 21.9. The number of halogens is 1. The molecule has 0 saturated heterocycles. The van der Waals surface area contributed by atoms with Gasteiger partial charge in [0, 0.05) is 25.5 Å². The Morgan fingerprint density at radius 3 is 2.52 bits per heavy atom. The summed E-state index contributed by atoms with van der Waals surface area (Å²) in [6, 6.07) is 11.0. The Labute approximate surface area is 183 Å². The van der Waals surface area contributed by atoms with Crippen LogP contribution in [0.2, 0.25) is 5.28 Å². The largest absolute Gasteiger partial charge is 0.332 e. The van der Waals surface area contributed by atoms with Gasteiger partial charge < -0.3 is 4.57 Å². The Kier molecular flexibility index (Phi) is 4.42. The molecule has 5 aromatic rings. The van der Waals surface area contributed by atoms with E-state index in [1.807, 2.05) is 35.7 Å². The summed E-state index contributed by atoms with van der Waals surface area (Å²) in [6.07, 6.45) is 0. The maximum absolute atomic E-state index is 12.9. The van der Waals surface area contributed by atoms with E-state index >= 15 is 0 Å². The number of nitrogens with zero attached hydrogens (tertiary/aromatic N) is 6. The molecule has 1 aromatic carbocycles. The molecule has 0 unspecified atom stereocenters. The number of imidazole rings is 1. The molecule has 4 heterocycles. The van der Waals surface area contributed by atoms with E-state index in [2.05, 4.69) is 9.97 Å². The first-order valence-electron chi connectivity index (χ1n) is 9.24. The van der Waals surface area contributed by atoms with Crippen molar-refractivity contribution in [3.05, 3.63) is 83.9 Å². The van der Waals surface area contributed by atoms with E-state index in [9.17, 15) is 14.4 Å². The Balaban J connectivity index is 1.67. The van der Waals surface area contributed by atoms with E-state index in [0.29, 0.717) is 10.7 Å². The van der Waals surface area contributed by atoms with Crippen LogP contribution >= 0.6 is 22.9 Å².